The Labute approximate surface area is 105 Å². The highest BCUT2D eigenvalue weighted by molar-refractivity contribution is 5.92. The van der Waals surface area contributed by atoms with Gasteiger partial charge in [-0.1, -0.05) is 0 Å². The fraction of sp³-hybridized carbons (Fsp3) is 0.583. The van der Waals surface area contributed by atoms with Crippen molar-refractivity contribution in [2.45, 2.75) is 25.8 Å². The van der Waals surface area contributed by atoms with Gasteiger partial charge < -0.3 is 10.6 Å². The molecule has 2 rings (SSSR count). The van der Waals surface area contributed by atoms with Crippen molar-refractivity contribution >= 4 is 5.91 Å². The van der Waals surface area contributed by atoms with Crippen LogP contribution in [0.15, 0.2) is 16.9 Å². The van der Waals surface area contributed by atoms with E-state index in [2.05, 4.69) is 10.2 Å². The molecule has 1 saturated heterocycles. The molecular formula is C12H18N4O2. The quantitative estimate of drug-likeness (QED) is 0.771. The van der Waals surface area contributed by atoms with Crippen LogP contribution in [0.1, 0.15) is 30.3 Å². The number of nitrogens with two attached hydrogens (primary N) is 1. The minimum atomic E-state index is -0.304. The van der Waals surface area contributed by atoms with Crippen LogP contribution in [0.25, 0.3) is 0 Å². The molecule has 6 heteroatoms. The maximum absolute atomic E-state index is 12.1. The van der Waals surface area contributed by atoms with Crippen molar-refractivity contribution in [2.75, 3.05) is 13.1 Å². The second-order valence-corrected chi connectivity index (χ2v) is 4.80. The molecule has 0 saturated carbocycles. The van der Waals surface area contributed by atoms with Crippen molar-refractivity contribution in [3.05, 3.63) is 28.2 Å². The van der Waals surface area contributed by atoms with Crippen LogP contribution >= 0.6 is 0 Å². The van der Waals surface area contributed by atoms with Crippen LogP contribution in [-0.2, 0) is 0 Å². The molecule has 1 aliphatic rings. The van der Waals surface area contributed by atoms with E-state index >= 15 is 0 Å². The summed E-state index contributed by atoms with van der Waals surface area (Å²) in [5.74, 6) is 0.354. The lowest BCUT2D eigenvalue weighted by Gasteiger charge is -2.33. The Bertz CT molecular complexity index is 455. The molecule has 0 radical (unpaired) electrons. The molecule has 1 amide bonds. The topological polar surface area (TPSA) is 92.1 Å². The summed E-state index contributed by atoms with van der Waals surface area (Å²) in [6.45, 7) is 3.41. The standard InChI is InChI=1S/C12H18N4O2/c1-8(13)9-4-6-16(7-5-9)12(18)10-2-3-11(17)15-14-10/h2-3,8-9H,4-7,13H2,1H3,(H,15,17). The SMILES string of the molecule is CC(N)C1CCN(C(=O)c2ccc(=O)[nH]n2)CC1. The summed E-state index contributed by atoms with van der Waals surface area (Å²) in [5.41, 5.74) is 5.84. The Morgan fingerprint density at radius 3 is 2.67 bits per heavy atom. The van der Waals surface area contributed by atoms with Gasteiger partial charge in [-0.2, -0.15) is 5.10 Å². The molecule has 2 heterocycles. The zero-order valence-corrected chi connectivity index (χ0v) is 10.4. The van der Waals surface area contributed by atoms with Crippen LogP contribution in [0.4, 0.5) is 0 Å². The normalized spacial score (nSPS) is 18.7. The van der Waals surface area contributed by atoms with Gasteiger partial charge in [0, 0.05) is 25.2 Å². The summed E-state index contributed by atoms with van der Waals surface area (Å²) >= 11 is 0. The molecule has 1 unspecified atom stereocenters. The number of nitrogens with one attached hydrogen (secondary N) is 1. The lowest BCUT2D eigenvalue weighted by atomic mass is 9.91. The largest absolute Gasteiger partial charge is 0.337 e. The highest BCUT2D eigenvalue weighted by atomic mass is 16.2. The van der Waals surface area contributed by atoms with E-state index < -0.39 is 0 Å². The Morgan fingerprint density at radius 2 is 2.17 bits per heavy atom. The van der Waals surface area contributed by atoms with Gasteiger partial charge in [-0.25, -0.2) is 5.10 Å². The minimum Gasteiger partial charge on any atom is -0.337 e. The maximum Gasteiger partial charge on any atom is 0.274 e. The third-order valence-corrected chi connectivity index (χ3v) is 3.47. The molecule has 0 aromatic carbocycles. The monoisotopic (exact) mass is 250 g/mol. The zero-order chi connectivity index (χ0) is 13.1. The number of likely N-dealkylation sites (tertiary alicyclic amines) is 1. The number of carbonyl (C=O) groups excluding carboxylic acids is 1. The summed E-state index contributed by atoms with van der Waals surface area (Å²) in [4.78, 5) is 24.7. The molecule has 3 N–H and O–H groups in total. The average molecular weight is 250 g/mol. The fourth-order valence-electron chi connectivity index (χ4n) is 2.25. The maximum atomic E-state index is 12.1. The molecular weight excluding hydrogens is 232 g/mol. The molecule has 0 spiro atoms. The van der Waals surface area contributed by atoms with Crippen molar-refractivity contribution in [3.63, 3.8) is 0 Å². The van der Waals surface area contributed by atoms with Crippen LogP contribution in [0.3, 0.4) is 0 Å². The van der Waals surface area contributed by atoms with Gasteiger partial charge in [0.1, 0.15) is 5.69 Å². The molecule has 6 nitrogen and oxygen atoms in total. The number of aromatic nitrogens is 2. The molecule has 98 valence electrons. The minimum absolute atomic E-state index is 0.130. The number of aromatic amines is 1. The predicted molar refractivity (Wildman–Crippen MR) is 67.1 cm³/mol. The smallest absolute Gasteiger partial charge is 0.274 e. The summed E-state index contributed by atoms with van der Waals surface area (Å²) < 4.78 is 0. The van der Waals surface area contributed by atoms with E-state index in [0.717, 1.165) is 12.8 Å². The van der Waals surface area contributed by atoms with E-state index in [0.29, 0.717) is 19.0 Å². The molecule has 1 aromatic rings. The first kappa shape index (κ1) is 12.8. The third kappa shape index (κ3) is 2.76. The first-order valence-electron chi connectivity index (χ1n) is 6.18. The number of carbonyl (C=O) groups is 1. The second-order valence-electron chi connectivity index (χ2n) is 4.80. The summed E-state index contributed by atoms with van der Waals surface area (Å²) in [7, 11) is 0. The summed E-state index contributed by atoms with van der Waals surface area (Å²) in [6.07, 6.45) is 1.85. The van der Waals surface area contributed by atoms with Crippen molar-refractivity contribution in [1.29, 1.82) is 0 Å². The van der Waals surface area contributed by atoms with E-state index in [-0.39, 0.29) is 23.2 Å². The average Bonchev–Trinajstić information content (AvgIpc) is 2.39. The molecule has 0 aliphatic carbocycles. The summed E-state index contributed by atoms with van der Waals surface area (Å²) in [6, 6.07) is 2.95. The fourth-order valence-corrected chi connectivity index (χ4v) is 2.25. The lowest BCUT2D eigenvalue weighted by molar-refractivity contribution is 0.0673. The van der Waals surface area contributed by atoms with Gasteiger partial charge in [-0.05, 0) is 31.7 Å². The number of nitrogens with zero attached hydrogens (tertiary/aromatic N) is 2. The van der Waals surface area contributed by atoms with E-state index in [9.17, 15) is 9.59 Å². The predicted octanol–water partition coefficient (Wildman–Crippen LogP) is -0.0307. The third-order valence-electron chi connectivity index (χ3n) is 3.47. The molecule has 1 aromatic heterocycles. The van der Waals surface area contributed by atoms with Crippen LogP contribution in [0, 0.1) is 5.92 Å². The first-order chi connectivity index (χ1) is 8.58. The second kappa shape index (κ2) is 5.30. The van der Waals surface area contributed by atoms with Crippen LogP contribution in [0.5, 0.6) is 0 Å². The first-order valence-corrected chi connectivity index (χ1v) is 6.18. The van der Waals surface area contributed by atoms with Crippen molar-refractivity contribution in [3.8, 4) is 0 Å². The Kier molecular flexibility index (Phi) is 3.76. The van der Waals surface area contributed by atoms with E-state index in [1.165, 1.54) is 12.1 Å². The number of hydrogen-bond donors (Lipinski definition) is 2. The molecule has 0 bridgehead atoms. The van der Waals surface area contributed by atoms with Gasteiger partial charge in [0.2, 0.25) is 0 Å². The Morgan fingerprint density at radius 1 is 1.50 bits per heavy atom. The van der Waals surface area contributed by atoms with E-state index in [4.69, 9.17) is 5.73 Å². The van der Waals surface area contributed by atoms with Crippen LogP contribution in [-0.4, -0.2) is 40.1 Å². The van der Waals surface area contributed by atoms with Gasteiger partial charge in [0.25, 0.3) is 11.5 Å². The Hall–Kier alpha value is -1.69. The molecule has 1 fully saturated rings. The van der Waals surface area contributed by atoms with Crippen molar-refractivity contribution < 1.29 is 4.79 Å². The number of amides is 1. The van der Waals surface area contributed by atoms with Gasteiger partial charge in [0.05, 0.1) is 0 Å². The molecule has 1 aliphatic heterocycles. The van der Waals surface area contributed by atoms with Gasteiger partial charge in [-0.3, -0.25) is 9.59 Å². The number of H-pyrrole nitrogens is 1. The van der Waals surface area contributed by atoms with Crippen LogP contribution in [0.2, 0.25) is 0 Å². The Balaban J connectivity index is 1.99. The van der Waals surface area contributed by atoms with Crippen molar-refractivity contribution in [2.24, 2.45) is 11.7 Å². The molecule has 18 heavy (non-hydrogen) atoms. The van der Waals surface area contributed by atoms with E-state index in [1.807, 2.05) is 6.92 Å². The van der Waals surface area contributed by atoms with Gasteiger partial charge in [0.15, 0.2) is 0 Å². The summed E-state index contributed by atoms with van der Waals surface area (Å²) in [5, 5.41) is 6.03. The zero-order valence-electron chi connectivity index (χ0n) is 10.4. The van der Waals surface area contributed by atoms with Gasteiger partial charge in [-0.15, -0.1) is 0 Å². The number of hydrogen-bond acceptors (Lipinski definition) is 4. The number of rotatable bonds is 2. The highest BCUT2D eigenvalue weighted by Crippen LogP contribution is 2.20. The number of piperidine rings is 1. The van der Waals surface area contributed by atoms with Gasteiger partial charge >= 0.3 is 0 Å². The molecule has 1 atom stereocenters. The van der Waals surface area contributed by atoms with E-state index in [1.54, 1.807) is 4.90 Å². The van der Waals surface area contributed by atoms with Crippen LogP contribution < -0.4 is 11.3 Å². The lowest BCUT2D eigenvalue weighted by Crippen LogP contribution is -2.42. The van der Waals surface area contributed by atoms with Crippen molar-refractivity contribution in [1.82, 2.24) is 15.1 Å². The highest BCUT2D eigenvalue weighted by Gasteiger charge is 2.25.